The summed E-state index contributed by atoms with van der Waals surface area (Å²) in [6, 6.07) is 4.96. The van der Waals surface area contributed by atoms with Crippen LogP contribution in [-0.2, 0) is 4.79 Å². The molecule has 2 aromatic heterocycles. The number of halogens is 2. The van der Waals surface area contributed by atoms with Crippen LogP contribution in [0.25, 0.3) is 17.2 Å². The number of aromatic nitrogens is 5. The number of aromatic amines is 1. The standard InChI is InChI=1S/C16H13F2N5O2S/c17-9-3-4-13(10(18)5-9)23-15(21-22-16(23)26-7-14(24)25)12-6-11(19-20-12)8-1-2-8/h3-6,8H,1-2,7H2,(H,19,20)(H,24,25). The summed E-state index contributed by atoms with van der Waals surface area (Å²) in [5.74, 6) is -2.13. The second-order valence-electron chi connectivity index (χ2n) is 5.90. The molecule has 0 radical (unpaired) electrons. The SMILES string of the molecule is O=C(O)CSc1nnc(-c2cc(C3CC3)[nH]n2)n1-c1ccc(F)cc1F. The van der Waals surface area contributed by atoms with Crippen molar-refractivity contribution >= 4 is 17.7 Å². The molecule has 1 aliphatic rings. The van der Waals surface area contributed by atoms with Crippen LogP contribution in [0.3, 0.4) is 0 Å². The minimum absolute atomic E-state index is 0.0234. The lowest BCUT2D eigenvalue weighted by atomic mass is 10.2. The summed E-state index contributed by atoms with van der Waals surface area (Å²) < 4.78 is 29.0. The van der Waals surface area contributed by atoms with Gasteiger partial charge in [0.25, 0.3) is 0 Å². The third kappa shape index (κ3) is 3.19. The number of carbonyl (C=O) groups is 1. The molecular weight excluding hydrogens is 364 g/mol. The fraction of sp³-hybridized carbons (Fsp3) is 0.250. The molecule has 26 heavy (non-hydrogen) atoms. The van der Waals surface area contributed by atoms with Crippen LogP contribution in [0.2, 0.25) is 0 Å². The number of H-pyrrole nitrogens is 1. The third-order valence-corrected chi connectivity index (χ3v) is 4.87. The smallest absolute Gasteiger partial charge is 0.313 e. The van der Waals surface area contributed by atoms with E-state index in [2.05, 4.69) is 20.4 Å². The van der Waals surface area contributed by atoms with Gasteiger partial charge in [0, 0.05) is 17.7 Å². The molecule has 0 atom stereocenters. The van der Waals surface area contributed by atoms with E-state index in [-0.39, 0.29) is 22.4 Å². The molecule has 7 nitrogen and oxygen atoms in total. The molecule has 1 fully saturated rings. The Labute approximate surface area is 150 Å². The summed E-state index contributed by atoms with van der Waals surface area (Å²) in [4.78, 5) is 10.9. The van der Waals surface area contributed by atoms with Gasteiger partial charge in [-0.15, -0.1) is 10.2 Å². The van der Waals surface area contributed by atoms with Crippen molar-refractivity contribution in [3.05, 3.63) is 41.6 Å². The van der Waals surface area contributed by atoms with Gasteiger partial charge in [-0.25, -0.2) is 8.78 Å². The lowest BCUT2D eigenvalue weighted by Crippen LogP contribution is -2.05. The van der Waals surface area contributed by atoms with Crippen LogP contribution in [0.1, 0.15) is 24.5 Å². The lowest BCUT2D eigenvalue weighted by Gasteiger charge is -2.09. The van der Waals surface area contributed by atoms with Crippen molar-refractivity contribution in [1.29, 1.82) is 0 Å². The number of aliphatic carboxylic acids is 1. The van der Waals surface area contributed by atoms with Gasteiger partial charge in [0.2, 0.25) is 0 Å². The van der Waals surface area contributed by atoms with E-state index in [0.717, 1.165) is 42.4 Å². The predicted molar refractivity (Wildman–Crippen MR) is 89.2 cm³/mol. The molecule has 134 valence electrons. The highest BCUT2D eigenvalue weighted by molar-refractivity contribution is 7.99. The number of benzene rings is 1. The second kappa shape index (κ2) is 6.52. The van der Waals surface area contributed by atoms with Gasteiger partial charge < -0.3 is 5.11 Å². The maximum atomic E-state index is 14.4. The molecule has 0 bridgehead atoms. The minimum atomic E-state index is -1.04. The van der Waals surface area contributed by atoms with Gasteiger partial charge in [-0.05, 0) is 31.0 Å². The largest absolute Gasteiger partial charge is 0.481 e. The topological polar surface area (TPSA) is 96.7 Å². The lowest BCUT2D eigenvalue weighted by molar-refractivity contribution is -0.133. The van der Waals surface area contributed by atoms with Crippen LogP contribution >= 0.6 is 11.8 Å². The molecule has 1 aliphatic carbocycles. The Hall–Kier alpha value is -2.75. The number of carboxylic acids is 1. The van der Waals surface area contributed by atoms with Crippen LogP contribution in [-0.4, -0.2) is 41.8 Å². The Morgan fingerprint density at radius 1 is 1.31 bits per heavy atom. The van der Waals surface area contributed by atoms with E-state index in [0.29, 0.717) is 11.6 Å². The molecular formula is C16H13F2N5O2S. The molecule has 1 aromatic carbocycles. The maximum absolute atomic E-state index is 14.4. The number of rotatable bonds is 6. The number of carboxylic acid groups (broad SMARTS) is 1. The van der Waals surface area contributed by atoms with Crippen molar-refractivity contribution in [2.45, 2.75) is 23.9 Å². The van der Waals surface area contributed by atoms with Crippen LogP contribution in [0.4, 0.5) is 8.78 Å². The Morgan fingerprint density at radius 3 is 2.81 bits per heavy atom. The summed E-state index contributed by atoms with van der Waals surface area (Å²) in [7, 11) is 0. The summed E-state index contributed by atoms with van der Waals surface area (Å²) in [6.07, 6.45) is 2.17. The summed E-state index contributed by atoms with van der Waals surface area (Å²) in [5.41, 5.74) is 1.45. The zero-order valence-electron chi connectivity index (χ0n) is 13.3. The first-order valence-electron chi connectivity index (χ1n) is 7.84. The van der Waals surface area contributed by atoms with Crippen LogP contribution < -0.4 is 0 Å². The Morgan fingerprint density at radius 2 is 2.12 bits per heavy atom. The highest BCUT2D eigenvalue weighted by Gasteiger charge is 2.27. The maximum Gasteiger partial charge on any atom is 0.313 e. The van der Waals surface area contributed by atoms with Crippen molar-refractivity contribution < 1.29 is 18.7 Å². The zero-order valence-corrected chi connectivity index (χ0v) is 14.1. The predicted octanol–water partition coefficient (Wildman–Crippen LogP) is 2.99. The van der Waals surface area contributed by atoms with E-state index in [1.165, 1.54) is 10.6 Å². The summed E-state index contributed by atoms with van der Waals surface area (Å²) >= 11 is 0.895. The number of nitrogens with zero attached hydrogens (tertiary/aromatic N) is 4. The quantitative estimate of drug-likeness (QED) is 0.641. The zero-order chi connectivity index (χ0) is 18.3. The first kappa shape index (κ1) is 16.7. The second-order valence-corrected chi connectivity index (χ2v) is 6.85. The molecule has 2 N–H and O–H groups in total. The van der Waals surface area contributed by atoms with Crippen LogP contribution in [0, 0.1) is 11.6 Å². The van der Waals surface area contributed by atoms with Gasteiger partial charge in [0.1, 0.15) is 17.3 Å². The van der Waals surface area contributed by atoms with Crippen LogP contribution in [0.15, 0.2) is 29.4 Å². The van der Waals surface area contributed by atoms with Crippen molar-refractivity contribution in [3.63, 3.8) is 0 Å². The fourth-order valence-electron chi connectivity index (χ4n) is 2.59. The Bertz CT molecular complexity index is 983. The van der Waals surface area contributed by atoms with E-state index in [4.69, 9.17) is 5.11 Å². The molecule has 0 amide bonds. The number of thioether (sulfide) groups is 1. The number of nitrogens with one attached hydrogen (secondary N) is 1. The normalized spacial score (nSPS) is 13.9. The number of hydrogen-bond donors (Lipinski definition) is 2. The van der Waals surface area contributed by atoms with Gasteiger partial charge in [-0.3, -0.25) is 14.5 Å². The van der Waals surface area contributed by atoms with E-state index in [9.17, 15) is 13.6 Å². The molecule has 1 saturated carbocycles. The molecule has 3 aromatic rings. The molecule has 0 saturated heterocycles. The van der Waals surface area contributed by atoms with E-state index >= 15 is 0 Å². The van der Waals surface area contributed by atoms with E-state index in [1.807, 2.05) is 6.07 Å². The third-order valence-electron chi connectivity index (χ3n) is 3.95. The van der Waals surface area contributed by atoms with Crippen molar-refractivity contribution in [1.82, 2.24) is 25.0 Å². The average molecular weight is 377 g/mol. The monoisotopic (exact) mass is 377 g/mol. The first-order valence-corrected chi connectivity index (χ1v) is 8.82. The van der Waals surface area contributed by atoms with E-state index < -0.39 is 17.6 Å². The fourth-order valence-corrected chi connectivity index (χ4v) is 3.26. The van der Waals surface area contributed by atoms with Gasteiger partial charge in [0.15, 0.2) is 11.0 Å². The first-order chi connectivity index (χ1) is 12.5. The molecule has 0 unspecified atom stereocenters. The highest BCUT2D eigenvalue weighted by Crippen LogP contribution is 2.40. The summed E-state index contributed by atoms with van der Waals surface area (Å²) in [6.45, 7) is 0. The van der Waals surface area contributed by atoms with Gasteiger partial charge >= 0.3 is 5.97 Å². The molecule has 0 spiro atoms. The number of hydrogen-bond acceptors (Lipinski definition) is 5. The summed E-state index contributed by atoms with van der Waals surface area (Å²) in [5, 5.41) is 24.3. The minimum Gasteiger partial charge on any atom is -0.481 e. The van der Waals surface area contributed by atoms with E-state index in [1.54, 1.807) is 0 Å². The molecule has 10 heteroatoms. The molecule has 4 rings (SSSR count). The van der Waals surface area contributed by atoms with Crippen molar-refractivity contribution in [2.75, 3.05) is 5.75 Å². The molecule has 2 heterocycles. The Kier molecular flexibility index (Phi) is 4.19. The van der Waals surface area contributed by atoms with Gasteiger partial charge in [-0.1, -0.05) is 11.8 Å². The van der Waals surface area contributed by atoms with Gasteiger partial charge in [0.05, 0.1) is 11.4 Å². The highest BCUT2D eigenvalue weighted by atomic mass is 32.2. The van der Waals surface area contributed by atoms with Crippen LogP contribution in [0.5, 0.6) is 0 Å². The Balaban J connectivity index is 1.81. The average Bonchev–Trinajstić information content (AvgIpc) is 3.17. The van der Waals surface area contributed by atoms with Gasteiger partial charge in [-0.2, -0.15) is 5.10 Å². The van der Waals surface area contributed by atoms with Crippen molar-refractivity contribution in [3.8, 4) is 17.2 Å². The molecule has 0 aliphatic heterocycles. The van der Waals surface area contributed by atoms with Crippen molar-refractivity contribution in [2.24, 2.45) is 0 Å².